The van der Waals surface area contributed by atoms with Gasteiger partial charge in [-0.15, -0.1) is 0 Å². The van der Waals surface area contributed by atoms with E-state index in [9.17, 15) is 4.79 Å². The molecular weight excluding hydrogens is 212 g/mol. The van der Waals surface area contributed by atoms with Gasteiger partial charge in [0.15, 0.2) is 0 Å². The number of benzene rings is 1. The lowest BCUT2D eigenvalue weighted by atomic mass is 10.1. The van der Waals surface area contributed by atoms with Gasteiger partial charge in [-0.05, 0) is 43.5 Å². The molecule has 1 saturated heterocycles. The van der Waals surface area contributed by atoms with Gasteiger partial charge >= 0.3 is 0 Å². The van der Waals surface area contributed by atoms with E-state index in [1.807, 2.05) is 24.3 Å². The second-order valence-electron chi connectivity index (χ2n) is 4.57. The van der Waals surface area contributed by atoms with Gasteiger partial charge in [-0.2, -0.15) is 0 Å². The van der Waals surface area contributed by atoms with Gasteiger partial charge in [0.25, 0.3) is 5.91 Å². The lowest BCUT2D eigenvalue weighted by Crippen LogP contribution is -2.45. The first kappa shape index (κ1) is 12.1. The Kier molecular flexibility index (Phi) is 4.15. The van der Waals surface area contributed by atoms with Crippen molar-refractivity contribution in [3.63, 3.8) is 0 Å². The Balaban J connectivity index is 1.93. The predicted octanol–water partition coefficient (Wildman–Crippen LogP) is 1.73. The highest BCUT2D eigenvalue weighted by molar-refractivity contribution is 5.94. The topological polar surface area (TPSA) is 41.1 Å². The zero-order valence-corrected chi connectivity index (χ0v) is 10.3. The van der Waals surface area contributed by atoms with Gasteiger partial charge < -0.3 is 10.6 Å². The summed E-state index contributed by atoms with van der Waals surface area (Å²) >= 11 is 0. The van der Waals surface area contributed by atoms with E-state index in [4.69, 9.17) is 0 Å². The Morgan fingerprint density at radius 2 is 2.18 bits per heavy atom. The molecule has 2 N–H and O–H groups in total. The summed E-state index contributed by atoms with van der Waals surface area (Å²) in [6.07, 6.45) is 3.22. The van der Waals surface area contributed by atoms with E-state index < -0.39 is 0 Å². The van der Waals surface area contributed by atoms with E-state index in [1.165, 1.54) is 5.56 Å². The van der Waals surface area contributed by atoms with Crippen LogP contribution in [0.3, 0.4) is 0 Å². The van der Waals surface area contributed by atoms with Gasteiger partial charge in [0.1, 0.15) is 0 Å². The monoisotopic (exact) mass is 232 g/mol. The Morgan fingerprint density at radius 3 is 2.76 bits per heavy atom. The molecule has 17 heavy (non-hydrogen) atoms. The Bertz CT molecular complexity index is 366. The molecule has 1 aliphatic heterocycles. The van der Waals surface area contributed by atoms with Crippen molar-refractivity contribution in [1.82, 2.24) is 10.6 Å². The molecule has 3 nitrogen and oxygen atoms in total. The van der Waals surface area contributed by atoms with Crippen LogP contribution < -0.4 is 10.6 Å². The maximum atomic E-state index is 12.0. The standard InChI is InChI=1S/C14H20N2O/c1-2-11-5-7-12(8-6-11)14(17)16-13-4-3-9-15-10-13/h5-8,13,15H,2-4,9-10H2,1H3,(H,16,17). The van der Waals surface area contributed by atoms with Crippen LogP contribution in [-0.4, -0.2) is 25.0 Å². The van der Waals surface area contributed by atoms with Crippen molar-refractivity contribution in [2.24, 2.45) is 0 Å². The molecule has 3 heteroatoms. The molecule has 1 aromatic rings. The minimum atomic E-state index is 0.0429. The van der Waals surface area contributed by atoms with E-state index in [1.54, 1.807) is 0 Å². The smallest absolute Gasteiger partial charge is 0.251 e. The maximum absolute atomic E-state index is 12.0. The van der Waals surface area contributed by atoms with Crippen molar-refractivity contribution in [2.75, 3.05) is 13.1 Å². The summed E-state index contributed by atoms with van der Waals surface area (Å²) in [5.74, 6) is 0.0429. The van der Waals surface area contributed by atoms with Gasteiger partial charge in [0.05, 0.1) is 0 Å². The molecule has 92 valence electrons. The number of piperidine rings is 1. The molecule has 0 spiro atoms. The lowest BCUT2D eigenvalue weighted by molar-refractivity contribution is 0.0930. The fourth-order valence-corrected chi connectivity index (χ4v) is 2.14. The quantitative estimate of drug-likeness (QED) is 0.833. The Labute approximate surface area is 103 Å². The van der Waals surface area contributed by atoms with Gasteiger partial charge in [0, 0.05) is 18.2 Å². The number of aryl methyl sites for hydroxylation is 1. The van der Waals surface area contributed by atoms with E-state index in [-0.39, 0.29) is 11.9 Å². The number of hydrogen-bond acceptors (Lipinski definition) is 2. The molecule has 0 aromatic heterocycles. The number of rotatable bonds is 3. The number of carbonyl (C=O) groups is 1. The van der Waals surface area contributed by atoms with E-state index in [0.29, 0.717) is 0 Å². The molecule has 0 saturated carbocycles. The minimum Gasteiger partial charge on any atom is -0.348 e. The second kappa shape index (κ2) is 5.82. The van der Waals surface area contributed by atoms with Crippen LogP contribution in [0.25, 0.3) is 0 Å². The third kappa shape index (κ3) is 3.30. The van der Waals surface area contributed by atoms with Crippen molar-refractivity contribution in [3.8, 4) is 0 Å². The second-order valence-corrected chi connectivity index (χ2v) is 4.57. The molecule has 0 aliphatic carbocycles. The minimum absolute atomic E-state index is 0.0429. The van der Waals surface area contributed by atoms with Crippen LogP contribution in [0.5, 0.6) is 0 Å². The van der Waals surface area contributed by atoms with E-state index in [0.717, 1.165) is 37.9 Å². The van der Waals surface area contributed by atoms with Crippen LogP contribution in [0.2, 0.25) is 0 Å². The average Bonchev–Trinajstić information content (AvgIpc) is 2.40. The molecule has 1 atom stereocenters. The zero-order valence-electron chi connectivity index (χ0n) is 10.3. The Hall–Kier alpha value is -1.35. The summed E-state index contributed by atoms with van der Waals surface area (Å²) in [4.78, 5) is 12.0. The highest BCUT2D eigenvalue weighted by atomic mass is 16.1. The maximum Gasteiger partial charge on any atom is 0.251 e. The largest absolute Gasteiger partial charge is 0.348 e. The van der Waals surface area contributed by atoms with Crippen LogP contribution >= 0.6 is 0 Å². The molecule has 1 unspecified atom stereocenters. The number of nitrogens with one attached hydrogen (secondary N) is 2. The molecular formula is C14H20N2O. The van der Waals surface area contributed by atoms with Crippen molar-refractivity contribution in [3.05, 3.63) is 35.4 Å². The van der Waals surface area contributed by atoms with E-state index >= 15 is 0 Å². The number of hydrogen-bond donors (Lipinski definition) is 2. The molecule has 1 fully saturated rings. The van der Waals surface area contributed by atoms with Crippen molar-refractivity contribution < 1.29 is 4.79 Å². The third-order valence-electron chi connectivity index (χ3n) is 3.26. The molecule has 1 aliphatic rings. The van der Waals surface area contributed by atoms with Crippen LogP contribution in [0.15, 0.2) is 24.3 Å². The number of amides is 1. The van der Waals surface area contributed by atoms with Crippen molar-refractivity contribution >= 4 is 5.91 Å². The summed E-state index contributed by atoms with van der Waals surface area (Å²) in [5.41, 5.74) is 2.02. The number of carbonyl (C=O) groups excluding carboxylic acids is 1. The van der Waals surface area contributed by atoms with Crippen molar-refractivity contribution in [2.45, 2.75) is 32.2 Å². The van der Waals surface area contributed by atoms with Gasteiger partial charge in [-0.25, -0.2) is 0 Å². The van der Waals surface area contributed by atoms with Gasteiger partial charge in [-0.1, -0.05) is 19.1 Å². The normalized spacial score (nSPS) is 19.9. The first-order valence-electron chi connectivity index (χ1n) is 6.40. The molecule has 1 heterocycles. The zero-order chi connectivity index (χ0) is 12.1. The predicted molar refractivity (Wildman–Crippen MR) is 69.2 cm³/mol. The van der Waals surface area contributed by atoms with Crippen LogP contribution in [0.1, 0.15) is 35.7 Å². The first-order chi connectivity index (χ1) is 8.29. The van der Waals surface area contributed by atoms with Crippen LogP contribution in [0, 0.1) is 0 Å². The molecule has 1 amide bonds. The fourth-order valence-electron chi connectivity index (χ4n) is 2.14. The van der Waals surface area contributed by atoms with Crippen molar-refractivity contribution in [1.29, 1.82) is 0 Å². The molecule has 0 bridgehead atoms. The van der Waals surface area contributed by atoms with Crippen LogP contribution in [-0.2, 0) is 6.42 Å². The molecule has 1 aromatic carbocycles. The highest BCUT2D eigenvalue weighted by Gasteiger charge is 2.15. The van der Waals surface area contributed by atoms with Gasteiger partial charge in [0.2, 0.25) is 0 Å². The summed E-state index contributed by atoms with van der Waals surface area (Å²) in [5, 5.41) is 6.37. The lowest BCUT2D eigenvalue weighted by Gasteiger charge is -2.23. The molecule has 0 radical (unpaired) electrons. The first-order valence-corrected chi connectivity index (χ1v) is 6.40. The summed E-state index contributed by atoms with van der Waals surface area (Å²) < 4.78 is 0. The summed E-state index contributed by atoms with van der Waals surface area (Å²) in [7, 11) is 0. The van der Waals surface area contributed by atoms with Gasteiger partial charge in [-0.3, -0.25) is 4.79 Å². The fraction of sp³-hybridized carbons (Fsp3) is 0.500. The SMILES string of the molecule is CCc1ccc(C(=O)NC2CCCNC2)cc1. The Morgan fingerprint density at radius 1 is 1.41 bits per heavy atom. The van der Waals surface area contributed by atoms with E-state index in [2.05, 4.69) is 17.6 Å². The average molecular weight is 232 g/mol. The summed E-state index contributed by atoms with van der Waals surface area (Å²) in [6, 6.07) is 8.14. The van der Waals surface area contributed by atoms with Crippen LogP contribution in [0.4, 0.5) is 0 Å². The molecule has 2 rings (SSSR count). The third-order valence-corrected chi connectivity index (χ3v) is 3.26. The summed E-state index contributed by atoms with van der Waals surface area (Å²) in [6.45, 7) is 4.07. The highest BCUT2D eigenvalue weighted by Crippen LogP contribution is 2.07.